The lowest BCUT2D eigenvalue weighted by molar-refractivity contribution is 0.00706. The van der Waals surface area contributed by atoms with Crippen LogP contribution in [0.15, 0.2) is 18.2 Å². The Morgan fingerprint density at radius 3 is 2.73 bits per heavy atom. The number of nitrogens with zero attached hydrogens (tertiary/aromatic N) is 4. The number of carbonyl (C=O) groups excluding carboxylic acids is 1. The number of nitriles is 1. The molecule has 14 heteroatoms. The van der Waals surface area contributed by atoms with Crippen LogP contribution in [0.1, 0.15) is 15.9 Å². The summed E-state index contributed by atoms with van der Waals surface area (Å²) in [6.07, 6.45) is -2.11. The molecule has 37 heavy (non-hydrogen) atoms. The minimum Gasteiger partial charge on any atom is -0.471 e. The summed E-state index contributed by atoms with van der Waals surface area (Å²) in [5.41, 5.74) is -0.0655. The SMILES string of the molecule is CN(CC#N)C(=O)c1cc(F)c(COc2nc3nc(O[C@@H]4CO[C@H]5C4OC[C@H]5O)[nH]c3cc2Cl)c(F)c1. The molecule has 3 aromatic rings. The molecular formula is C23H20ClF2N5O6. The highest BCUT2D eigenvalue weighted by molar-refractivity contribution is 6.32. The lowest BCUT2D eigenvalue weighted by atomic mass is 10.1. The first-order chi connectivity index (χ1) is 17.7. The van der Waals surface area contributed by atoms with Crippen molar-refractivity contribution >= 4 is 28.7 Å². The average molecular weight is 536 g/mol. The monoisotopic (exact) mass is 535 g/mol. The van der Waals surface area contributed by atoms with Gasteiger partial charge >= 0.3 is 0 Å². The van der Waals surface area contributed by atoms with Crippen molar-refractivity contribution in [2.75, 3.05) is 26.8 Å². The summed E-state index contributed by atoms with van der Waals surface area (Å²) in [5.74, 6) is -2.82. The molecule has 2 saturated heterocycles. The number of carbonyl (C=O) groups is 1. The molecule has 0 aliphatic carbocycles. The second-order valence-corrected chi connectivity index (χ2v) is 8.94. The molecule has 1 aromatic carbocycles. The summed E-state index contributed by atoms with van der Waals surface area (Å²) in [4.78, 5) is 24.6. The zero-order valence-corrected chi connectivity index (χ0v) is 20.0. The molecule has 4 atom stereocenters. The second kappa shape index (κ2) is 10.1. The number of aliphatic hydroxyl groups excluding tert-OH is 1. The number of hydrogen-bond acceptors (Lipinski definition) is 9. The van der Waals surface area contributed by atoms with Crippen LogP contribution in [0.2, 0.25) is 5.02 Å². The maximum atomic E-state index is 14.6. The smallest absolute Gasteiger partial charge is 0.296 e. The van der Waals surface area contributed by atoms with E-state index in [1.807, 2.05) is 0 Å². The van der Waals surface area contributed by atoms with E-state index < -0.39 is 54.1 Å². The summed E-state index contributed by atoms with van der Waals surface area (Å²) < 4.78 is 51.6. The number of halogens is 3. The van der Waals surface area contributed by atoms with Gasteiger partial charge in [0.05, 0.1) is 30.4 Å². The van der Waals surface area contributed by atoms with E-state index >= 15 is 0 Å². The molecule has 4 heterocycles. The van der Waals surface area contributed by atoms with E-state index in [4.69, 9.17) is 35.8 Å². The quantitative estimate of drug-likeness (QED) is 0.434. The summed E-state index contributed by atoms with van der Waals surface area (Å²) >= 11 is 6.24. The fraction of sp³-hybridized carbons (Fsp3) is 0.391. The third-order valence-electron chi connectivity index (χ3n) is 6.01. The molecule has 0 radical (unpaired) electrons. The van der Waals surface area contributed by atoms with Gasteiger partial charge in [0.25, 0.3) is 11.9 Å². The fourth-order valence-electron chi connectivity index (χ4n) is 4.13. The van der Waals surface area contributed by atoms with Gasteiger partial charge in [-0.05, 0) is 18.2 Å². The van der Waals surface area contributed by atoms with Crippen LogP contribution in [0.5, 0.6) is 11.9 Å². The van der Waals surface area contributed by atoms with Crippen molar-refractivity contribution in [1.82, 2.24) is 19.9 Å². The van der Waals surface area contributed by atoms with Crippen molar-refractivity contribution in [1.29, 1.82) is 5.26 Å². The fourth-order valence-corrected chi connectivity index (χ4v) is 4.33. The summed E-state index contributed by atoms with van der Waals surface area (Å²) in [6, 6.07) is 5.13. The van der Waals surface area contributed by atoms with Gasteiger partial charge in [0.15, 0.2) is 11.8 Å². The Hall–Kier alpha value is -3.57. The normalized spacial score (nSPS) is 22.6. The number of fused-ring (bicyclic) bond motifs is 2. The topological polar surface area (TPSA) is 143 Å². The van der Waals surface area contributed by atoms with Crippen LogP contribution in [0.4, 0.5) is 8.78 Å². The lowest BCUT2D eigenvalue weighted by Crippen LogP contribution is -2.34. The number of aromatic nitrogens is 3. The molecule has 2 aliphatic heterocycles. The molecule has 2 N–H and O–H groups in total. The highest BCUT2D eigenvalue weighted by Gasteiger charge is 2.48. The number of rotatable bonds is 7. The molecule has 2 aromatic heterocycles. The first-order valence-electron chi connectivity index (χ1n) is 11.1. The molecule has 0 spiro atoms. The van der Waals surface area contributed by atoms with Crippen LogP contribution < -0.4 is 9.47 Å². The Kier molecular flexibility index (Phi) is 6.82. The van der Waals surface area contributed by atoms with Gasteiger partial charge in [0, 0.05) is 12.6 Å². The van der Waals surface area contributed by atoms with Crippen LogP contribution in [0.3, 0.4) is 0 Å². The molecule has 1 unspecified atom stereocenters. The predicted molar refractivity (Wildman–Crippen MR) is 122 cm³/mol. The van der Waals surface area contributed by atoms with Gasteiger partial charge in [-0.1, -0.05) is 11.6 Å². The molecule has 5 rings (SSSR count). The number of pyridine rings is 1. The predicted octanol–water partition coefficient (Wildman–Crippen LogP) is 1.97. The molecule has 2 aliphatic rings. The number of hydrogen-bond donors (Lipinski definition) is 2. The Balaban J connectivity index is 1.29. The summed E-state index contributed by atoms with van der Waals surface area (Å²) in [6.45, 7) is -0.423. The van der Waals surface area contributed by atoms with Crippen LogP contribution >= 0.6 is 11.6 Å². The number of imidazole rings is 1. The van der Waals surface area contributed by atoms with Crippen LogP contribution in [-0.2, 0) is 16.1 Å². The van der Waals surface area contributed by atoms with E-state index in [0.717, 1.165) is 17.0 Å². The Labute approximate surface area is 213 Å². The molecule has 0 bridgehead atoms. The summed E-state index contributed by atoms with van der Waals surface area (Å²) in [7, 11) is 1.35. The zero-order chi connectivity index (χ0) is 26.3. The highest BCUT2D eigenvalue weighted by Crippen LogP contribution is 2.31. The van der Waals surface area contributed by atoms with Gasteiger partial charge in [-0.2, -0.15) is 15.2 Å². The number of aromatic amines is 1. The largest absolute Gasteiger partial charge is 0.471 e. The number of amides is 1. The van der Waals surface area contributed by atoms with Crippen molar-refractivity contribution in [2.45, 2.75) is 31.0 Å². The molecule has 11 nitrogen and oxygen atoms in total. The Morgan fingerprint density at radius 1 is 1.27 bits per heavy atom. The van der Waals surface area contributed by atoms with E-state index in [1.165, 1.54) is 13.1 Å². The van der Waals surface area contributed by atoms with E-state index in [1.54, 1.807) is 6.07 Å². The van der Waals surface area contributed by atoms with E-state index in [9.17, 15) is 18.7 Å². The third kappa shape index (κ3) is 4.88. The van der Waals surface area contributed by atoms with Crippen LogP contribution in [0.25, 0.3) is 11.2 Å². The van der Waals surface area contributed by atoms with Crippen molar-refractivity contribution in [3.8, 4) is 18.0 Å². The van der Waals surface area contributed by atoms with Crippen molar-refractivity contribution in [2.24, 2.45) is 0 Å². The number of ether oxygens (including phenoxy) is 4. The van der Waals surface area contributed by atoms with Crippen molar-refractivity contribution in [3.63, 3.8) is 0 Å². The molecular weight excluding hydrogens is 516 g/mol. The maximum absolute atomic E-state index is 14.6. The first-order valence-corrected chi connectivity index (χ1v) is 11.5. The highest BCUT2D eigenvalue weighted by atomic mass is 35.5. The average Bonchev–Trinajstić information content (AvgIpc) is 3.54. The van der Waals surface area contributed by atoms with Crippen molar-refractivity contribution < 1.29 is 37.6 Å². The maximum Gasteiger partial charge on any atom is 0.296 e. The number of H-pyrrole nitrogens is 1. The molecule has 194 valence electrons. The van der Waals surface area contributed by atoms with Crippen molar-refractivity contribution in [3.05, 3.63) is 46.0 Å². The third-order valence-corrected chi connectivity index (χ3v) is 6.28. The van der Waals surface area contributed by atoms with Gasteiger partial charge in [-0.25, -0.2) is 8.78 Å². The number of benzene rings is 1. The number of nitrogens with one attached hydrogen (secondary N) is 1. The van der Waals surface area contributed by atoms with Gasteiger partial charge in [-0.15, -0.1) is 0 Å². The molecule has 0 saturated carbocycles. The number of aliphatic hydroxyl groups is 1. The van der Waals surface area contributed by atoms with E-state index in [0.29, 0.717) is 5.52 Å². The molecule has 2 fully saturated rings. The van der Waals surface area contributed by atoms with E-state index in [2.05, 4.69) is 15.0 Å². The van der Waals surface area contributed by atoms with Crippen LogP contribution in [0, 0.1) is 23.0 Å². The Morgan fingerprint density at radius 2 is 2.00 bits per heavy atom. The minimum absolute atomic E-state index is 0.0555. The standard InChI is InChI=1S/C23H20ClF2N5O6/c1-31(3-2-27)22(33)10-4-13(25)11(14(26)5-10)7-36-21-12(24)6-15-20(29-21)30-23(28-15)37-17-9-35-18-16(32)8-34-19(17)18/h4-6,16-19,32H,3,7-9H2,1H3,(H,28,29,30)/t16-,17-,18-,19?/m1/s1. The summed E-state index contributed by atoms with van der Waals surface area (Å²) in [5, 5.41) is 18.6. The van der Waals surface area contributed by atoms with E-state index in [-0.39, 0.29) is 47.9 Å². The van der Waals surface area contributed by atoms with Crippen LogP contribution in [-0.4, -0.2) is 82.1 Å². The minimum atomic E-state index is -1.00. The Bertz CT molecular complexity index is 1370. The second-order valence-electron chi connectivity index (χ2n) is 8.53. The van der Waals surface area contributed by atoms with Gasteiger partial charge in [0.1, 0.15) is 48.1 Å². The lowest BCUT2D eigenvalue weighted by Gasteiger charge is -2.15. The van der Waals surface area contributed by atoms with Gasteiger partial charge in [0.2, 0.25) is 5.88 Å². The molecule has 1 amide bonds. The van der Waals surface area contributed by atoms with Gasteiger partial charge in [-0.3, -0.25) is 4.79 Å². The zero-order valence-electron chi connectivity index (χ0n) is 19.3. The van der Waals surface area contributed by atoms with Gasteiger partial charge < -0.3 is 33.9 Å². The first kappa shape index (κ1) is 25.1.